The third kappa shape index (κ3) is 5.24. The summed E-state index contributed by atoms with van der Waals surface area (Å²) < 4.78 is 57.4. The number of hydrogen-bond donors (Lipinski definition) is 2. The molecule has 2 bridgehead atoms. The second-order valence-corrected chi connectivity index (χ2v) is 10.4. The van der Waals surface area contributed by atoms with Crippen molar-refractivity contribution in [1.82, 2.24) is 10.3 Å². The Labute approximate surface area is 218 Å². The minimum Gasteiger partial charge on any atom is -0.469 e. The first-order valence-electron chi connectivity index (χ1n) is 11.1. The van der Waals surface area contributed by atoms with Crippen molar-refractivity contribution in [3.8, 4) is 0 Å². The molecular weight excluding hydrogens is 541 g/mol. The maximum atomic E-state index is 14.2. The topological polar surface area (TPSA) is 97.4 Å². The third-order valence-corrected chi connectivity index (χ3v) is 7.44. The summed E-state index contributed by atoms with van der Waals surface area (Å²) in [6, 6.07) is 3.98. The quantitative estimate of drug-likeness (QED) is 0.281. The van der Waals surface area contributed by atoms with Gasteiger partial charge in [-0.25, -0.2) is 9.37 Å². The van der Waals surface area contributed by atoms with Crippen molar-refractivity contribution < 1.29 is 36.7 Å². The van der Waals surface area contributed by atoms with Gasteiger partial charge in [-0.1, -0.05) is 23.7 Å². The maximum absolute atomic E-state index is 14.2. The normalized spacial score (nSPS) is 23.6. The van der Waals surface area contributed by atoms with E-state index in [9.17, 15) is 31.9 Å². The molecule has 3 fully saturated rings. The lowest BCUT2D eigenvalue weighted by atomic mass is 9.33. The van der Waals surface area contributed by atoms with E-state index in [1.807, 2.05) is 0 Å². The molecule has 3 aliphatic carbocycles. The Kier molecular flexibility index (Phi) is 7.15. The van der Waals surface area contributed by atoms with E-state index in [-0.39, 0.29) is 30.7 Å². The summed E-state index contributed by atoms with van der Waals surface area (Å²) >= 11 is 11.9. The van der Waals surface area contributed by atoms with E-state index >= 15 is 0 Å². The molecule has 7 nitrogen and oxygen atoms in total. The van der Waals surface area contributed by atoms with Crippen molar-refractivity contribution >= 4 is 46.8 Å². The summed E-state index contributed by atoms with van der Waals surface area (Å²) in [5.74, 6) is -3.20. The minimum absolute atomic E-state index is 0.0213. The van der Waals surface area contributed by atoms with Crippen LogP contribution in [-0.2, 0) is 31.7 Å². The second kappa shape index (κ2) is 9.75. The Bertz CT molecular complexity index is 1220. The number of carbonyl (C=O) groups excluding carboxylic acids is 3. The number of aromatic nitrogens is 1. The van der Waals surface area contributed by atoms with Gasteiger partial charge >= 0.3 is 12.1 Å². The smallest absolute Gasteiger partial charge is 0.416 e. The van der Waals surface area contributed by atoms with Crippen LogP contribution in [0.4, 0.5) is 23.4 Å². The van der Waals surface area contributed by atoms with Crippen LogP contribution in [0.3, 0.4) is 0 Å². The van der Waals surface area contributed by atoms with Crippen molar-refractivity contribution in [2.24, 2.45) is 10.8 Å². The van der Waals surface area contributed by atoms with E-state index in [0.717, 1.165) is 24.4 Å². The van der Waals surface area contributed by atoms with Crippen LogP contribution in [0.2, 0.25) is 5.02 Å². The van der Waals surface area contributed by atoms with Crippen molar-refractivity contribution in [2.75, 3.05) is 12.4 Å². The summed E-state index contributed by atoms with van der Waals surface area (Å²) in [4.78, 5) is 42.0. The Morgan fingerprint density at radius 2 is 1.76 bits per heavy atom. The number of hydrogen-bond acceptors (Lipinski definition) is 5. The molecule has 2 atom stereocenters. The van der Waals surface area contributed by atoms with Gasteiger partial charge in [0.1, 0.15) is 11.4 Å². The number of nitrogens with zero attached hydrogens (tertiary/aromatic N) is 1. The fourth-order valence-corrected chi connectivity index (χ4v) is 5.55. The van der Waals surface area contributed by atoms with Gasteiger partial charge in [-0.15, -0.1) is 11.6 Å². The second-order valence-electron chi connectivity index (χ2n) is 9.45. The third-order valence-electron chi connectivity index (χ3n) is 6.88. The van der Waals surface area contributed by atoms with Crippen LogP contribution in [0.1, 0.15) is 30.4 Å². The number of benzene rings is 1. The predicted molar refractivity (Wildman–Crippen MR) is 125 cm³/mol. The molecular formula is C24H21Cl2F4N3O4. The summed E-state index contributed by atoms with van der Waals surface area (Å²) in [5.41, 5.74) is -1.97. The van der Waals surface area contributed by atoms with Gasteiger partial charge in [0.2, 0.25) is 11.8 Å². The molecule has 0 saturated heterocycles. The zero-order chi connectivity index (χ0) is 27.2. The van der Waals surface area contributed by atoms with Gasteiger partial charge in [0.15, 0.2) is 11.6 Å². The zero-order valence-corrected chi connectivity index (χ0v) is 20.8. The summed E-state index contributed by atoms with van der Waals surface area (Å²) in [6.45, 7) is 0. The lowest BCUT2D eigenvalue weighted by molar-refractivity contribution is -0.233. The molecule has 1 aromatic heterocycles. The molecule has 3 saturated carbocycles. The van der Waals surface area contributed by atoms with Crippen molar-refractivity contribution in [2.45, 2.75) is 43.3 Å². The first-order valence-corrected chi connectivity index (χ1v) is 11.9. The monoisotopic (exact) mass is 561 g/mol. The maximum Gasteiger partial charge on any atom is 0.416 e. The first kappa shape index (κ1) is 27.1. The average molecular weight is 562 g/mol. The number of rotatable bonds is 8. The van der Waals surface area contributed by atoms with Crippen LogP contribution in [0.25, 0.3) is 0 Å². The van der Waals surface area contributed by atoms with E-state index in [1.54, 1.807) is 0 Å². The van der Waals surface area contributed by atoms with Crippen molar-refractivity contribution in [3.63, 3.8) is 0 Å². The van der Waals surface area contributed by atoms with Crippen LogP contribution in [0.15, 0.2) is 36.5 Å². The van der Waals surface area contributed by atoms with Gasteiger partial charge in [0.05, 0.1) is 23.1 Å². The molecule has 5 rings (SSSR count). The Morgan fingerprint density at radius 3 is 2.30 bits per heavy atom. The highest BCUT2D eigenvalue weighted by Crippen LogP contribution is 2.75. The van der Waals surface area contributed by atoms with Crippen molar-refractivity contribution in [3.05, 3.63) is 58.5 Å². The predicted octanol–water partition coefficient (Wildman–Crippen LogP) is 4.51. The Morgan fingerprint density at radius 1 is 1.14 bits per heavy atom. The number of carbonyl (C=O) groups is 3. The van der Waals surface area contributed by atoms with Crippen LogP contribution in [-0.4, -0.2) is 41.3 Å². The number of pyridine rings is 1. The van der Waals surface area contributed by atoms with Crippen LogP contribution >= 0.6 is 23.2 Å². The summed E-state index contributed by atoms with van der Waals surface area (Å²) in [7, 11) is 1.26. The molecule has 0 radical (unpaired) electrons. The molecule has 0 aliphatic heterocycles. The van der Waals surface area contributed by atoms with Crippen molar-refractivity contribution in [1.29, 1.82) is 0 Å². The highest BCUT2D eigenvalue weighted by Gasteiger charge is 2.76. The Balaban J connectivity index is 1.48. The molecule has 2 N–H and O–H groups in total. The van der Waals surface area contributed by atoms with Gasteiger partial charge in [-0.05, 0) is 49.4 Å². The van der Waals surface area contributed by atoms with E-state index in [4.69, 9.17) is 27.9 Å². The first-order chi connectivity index (χ1) is 17.3. The molecule has 2 amide bonds. The van der Waals surface area contributed by atoms with Gasteiger partial charge < -0.3 is 15.4 Å². The minimum atomic E-state index is -4.50. The van der Waals surface area contributed by atoms with Crippen LogP contribution in [0.5, 0.6) is 0 Å². The molecule has 1 heterocycles. The van der Waals surface area contributed by atoms with E-state index in [2.05, 4.69) is 15.6 Å². The van der Waals surface area contributed by atoms with Gasteiger partial charge in [-0.3, -0.25) is 14.4 Å². The molecule has 37 heavy (non-hydrogen) atoms. The van der Waals surface area contributed by atoms with Gasteiger partial charge in [-0.2, -0.15) is 13.2 Å². The van der Waals surface area contributed by atoms with E-state index in [1.165, 1.54) is 19.2 Å². The fraction of sp³-hybridized carbons (Fsp3) is 0.417. The number of alkyl halides is 4. The zero-order valence-electron chi connectivity index (χ0n) is 19.3. The molecule has 198 valence electrons. The standard InChI is InChI=1S/C24H21Cl2F4N3O4/c1-37-21(36)23-9-22(10-23,11-23)17(20(35)33-18-16(27)7-14(25)8-31-18)32-19(34)15(26)6-12-2-4-13(5-3-12)24(28,29)30/h2-5,7-8,15,17H,6,9-11H2,1H3,(H,32,34)(H,31,33,35). The molecule has 13 heteroatoms. The van der Waals surface area contributed by atoms with E-state index < -0.39 is 63.4 Å². The average Bonchev–Trinajstić information content (AvgIpc) is 2.77. The molecule has 3 aliphatic rings. The molecule has 2 aromatic rings. The van der Waals surface area contributed by atoms with Crippen LogP contribution < -0.4 is 10.6 Å². The number of methoxy groups -OCH3 is 1. The highest BCUT2D eigenvalue weighted by molar-refractivity contribution is 6.31. The number of anilines is 1. The lowest BCUT2D eigenvalue weighted by Gasteiger charge is -2.70. The lowest BCUT2D eigenvalue weighted by Crippen LogP contribution is -2.74. The highest BCUT2D eigenvalue weighted by atomic mass is 35.5. The number of esters is 1. The SMILES string of the molecule is COC(=O)C12CC(C(NC(=O)C(Cl)Cc3ccc(C(F)(F)F)cc3)C(=O)Nc3ncc(Cl)cc3F)(C1)C2. The number of halogens is 6. The van der Waals surface area contributed by atoms with Crippen LogP contribution in [0, 0.1) is 16.6 Å². The summed E-state index contributed by atoms with van der Waals surface area (Å²) in [6.07, 6.45) is -2.65. The fourth-order valence-electron chi connectivity index (χ4n) is 5.16. The van der Waals surface area contributed by atoms with Gasteiger partial charge in [0.25, 0.3) is 0 Å². The molecule has 2 unspecified atom stereocenters. The summed E-state index contributed by atoms with van der Waals surface area (Å²) in [5, 5.41) is 3.73. The molecule has 1 aromatic carbocycles. The number of ether oxygens (including phenoxy) is 1. The Hall–Kier alpha value is -2.92. The van der Waals surface area contributed by atoms with Gasteiger partial charge in [0, 0.05) is 11.6 Å². The van der Waals surface area contributed by atoms with E-state index in [0.29, 0.717) is 5.56 Å². The number of amides is 2. The molecule has 0 spiro atoms. The largest absolute Gasteiger partial charge is 0.469 e. The number of nitrogens with one attached hydrogen (secondary N) is 2.